The number of carbonyl (C=O) groups excluding carboxylic acids is 1. The first-order valence-electron chi connectivity index (χ1n) is 6.53. The molecule has 1 heterocycles. The van der Waals surface area contributed by atoms with E-state index in [1.54, 1.807) is 30.5 Å². The first-order valence-corrected chi connectivity index (χ1v) is 6.53. The number of nitrogens with one attached hydrogen (secondary N) is 1. The molecular weight excluding hydrogens is 342 g/mol. The van der Waals surface area contributed by atoms with Gasteiger partial charge in [0.2, 0.25) is 5.91 Å². The van der Waals surface area contributed by atoms with Crippen LogP contribution in [0.4, 0.5) is 10.2 Å². The Morgan fingerprint density at radius 3 is 2.30 bits per heavy atom. The van der Waals surface area contributed by atoms with Crippen LogP contribution in [0.1, 0.15) is 11.1 Å². The van der Waals surface area contributed by atoms with Crippen molar-refractivity contribution < 1.29 is 9.18 Å². The Balaban J connectivity index is 0.00000242. The van der Waals surface area contributed by atoms with Crippen LogP contribution in [0.3, 0.4) is 0 Å². The summed E-state index contributed by atoms with van der Waals surface area (Å²) < 4.78 is 12.8. The van der Waals surface area contributed by atoms with E-state index in [4.69, 9.17) is 11.5 Å². The Morgan fingerprint density at radius 1 is 1.13 bits per heavy atom. The van der Waals surface area contributed by atoms with Gasteiger partial charge in [0.05, 0.1) is 6.04 Å². The van der Waals surface area contributed by atoms with Crippen molar-refractivity contribution in [2.24, 2.45) is 5.73 Å². The van der Waals surface area contributed by atoms with Crippen molar-refractivity contribution in [1.29, 1.82) is 0 Å². The molecule has 0 saturated carbocycles. The minimum absolute atomic E-state index is 0. The Bertz CT molecular complexity index is 608. The number of pyridine rings is 1. The predicted octanol–water partition coefficient (Wildman–Crippen LogP) is 1.83. The smallest absolute Gasteiger partial charge is 0.237 e. The average molecular weight is 361 g/mol. The molecule has 23 heavy (non-hydrogen) atoms. The number of amides is 1. The van der Waals surface area contributed by atoms with E-state index >= 15 is 0 Å². The zero-order valence-corrected chi connectivity index (χ0v) is 13.9. The molecule has 0 unspecified atom stereocenters. The number of carbonyl (C=O) groups is 1. The van der Waals surface area contributed by atoms with Gasteiger partial charge in [0.25, 0.3) is 0 Å². The van der Waals surface area contributed by atoms with Gasteiger partial charge in [-0.1, -0.05) is 18.2 Å². The minimum Gasteiger partial charge on any atom is -0.384 e. The predicted molar refractivity (Wildman–Crippen MR) is 93.1 cm³/mol. The lowest BCUT2D eigenvalue weighted by molar-refractivity contribution is -0.122. The van der Waals surface area contributed by atoms with Gasteiger partial charge in [-0.3, -0.25) is 4.79 Å². The molecule has 0 aliphatic heterocycles. The lowest BCUT2D eigenvalue weighted by Gasteiger charge is -2.12. The van der Waals surface area contributed by atoms with Gasteiger partial charge in [0.15, 0.2) is 0 Å². The first kappa shape index (κ1) is 21.1. The topological polar surface area (TPSA) is 94.0 Å². The van der Waals surface area contributed by atoms with E-state index in [1.165, 1.54) is 12.1 Å². The Labute approximate surface area is 146 Å². The molecule has 0 spiro atoms. The number of nitrogens with zero attached hydrogens (tertiary/aromatic N) is 1. The summed E-state index contributed by atoms with van der Waals surface area (Å²) in [6.45, 7) is 0.337. The zero-order chi connectivity index (χ0) is 15.2. The number of nitrogens with two attached hydrogens (primary N) is 2. The van der Waals surface area contributed by atoms with Gasteiger partial charge in [-0.2, -0.15) is 0 Å². The number of hydrogen-bond acceptors (Lipinski definition) is 4. The second-order valence-electron chi connectivity index (χ2n) is 4.75. The molecule has 1 amide bonds. The summed E-state index contributed by atoms with van der Waals surface area (Å²) in [4.78, 5) is 15.8. The highest BCUT2D eigenvalue weighted by molar-refractivity contribution is 5.85. The van der Waals surface area contributed by atoms with Gasteiger partial charge < -0.3 is 16.8 Å². The van der Waals surface area contributed by atoms with Gasteiger partial charge in [-0.25, -0.2) is 9.37 Å². The van der Waals surface area contributed by atoms with Crippen LogP contribution in [0.5, 0.6) is 0 Å². The fourth-order valence-electron chi connectivity index (χ4n) is 1.83. The van der Waals surface area contributed by atoms with Crippen molar-refractivity contribution >= 4 is 36.5 Å². The van der Waals surface area contributed by atoms with Crippen LogP contribution in [0.2, 0.25) is 0 Å². The van der Waals surface area contributed by atoms with E-state index in [0.717, 1.165) is 11.1 Å². The lowest BCUT2D eigenvalue weighted by atomic mass is 10.1. The molecule has 0 bridgehead atoms. The maximum Gasteiger partial charge on any atom is 0.237 e. The highest BCUT2D eigenvalue weighted by atomic mass is 35.5. The van der Waals surface area contributed by atoms with E-state index in [9.17, 15) is 9.18 Å². The van der Waals surface area contributed by atoms with Crippen LogP contribution in [-0.2, 0) is 17.8 Å². The van der Waals surface area contributed by atoms with E-state index in [0.29, 0.717) is 18.8 Å². The molecule has 0 aliphatic rings. The van der Waals surface area contributed by atoms with Gasteiger partial charge in [-0.15, -0.1) is 24.8 Å². The maximum absolute atomic E-state index is 12.8. The number of nitrogen functional groups attached to an aromatic ring is 1. The molecule has 8 heteroatoms. The molecule has 0 radical (unpaired) electrons. The fraction of sp³-hybridized carbons (Fsp3) is 0.200. The Kier molecular flexibility index (Phi) is 9.17. The van der Waals surface area contributed by atoms with Crippen LogP contribution < -0.4 is 16.8 Å². The number of halogens is 3. The van der Waals surface area contributed by atoms with Crippen LogP contribution in [0.15, 0.2) is 42.6 Å². The van der Waals surface area contributed by atoms with Crippen LogP contribution >= 0.6 is 24.8 Å². The van der Waals surface area contributed by atoms with Gasteiger partial charge >= 0.3 is 0 Å². The van der Waals surface area contributed by atoms with Gasteiger partial charge in [0.1, 0.15) is 11.6 Å². The standard InChI is InChI=1S/C15H17FN4O.2ClH/c16-12-4-1-10(2-5-12)7-13(17)15(21)20-9-11-3-6-14(18)19-8-11;;/h1-6,8,13H,7,9,17H2,(H2,18,19)(H,20,21);2*1H/t13-;;/m0../s1. The molecule has 1 aromatic carbocycles. The third-order valence-electron chi connectivity index (χ3n) is 3.02. The number of rotatable bonds is 5. The molecular formula is C15H19Cl2FN4O. The summed E-state index contributed by atoms with van der Waals surface area (Å²) in [7, 11) is 0. The highest BCUT2D eigenvalue weighted by Crippen LogP contribution is 2.05. The van der Waals surface area contributed by atoms with E-state index in [2.05, 4.69) is 10.3 Å². The third-order valence-corrected chi connectivity index (χ3v) is 3.02. The number of benzene rings is 1. The van der Waals surface area contributed by atoms with E-state index < -0.39 is 6.04 Å². The molecule has 2 rings (SSSR count). The van der Waals surface area contributed by atoms with Crippen molar-refractivity contribution in [2.75, 3.05) is 5.73 Å². The fourth-order valence-corrected chi connectivity index (χ4v) is 1.83. The third kappa shape index (κ3) is 6.81. The molecule has 1 atom stereocenters. The Morgan fingerprint density at radius 2 is 1.74 bits per heavy atom. The molecule has 0 aliphatic carbocycles. The summed E-state index contributed by atoms with van der Waals surface area (Å²) in [5.41, 5.74) is 13.0. The van der Waals surface area contributed by atoms with Crippen molar-refractivity contribution in [1.82, 2.24) is 10.3 Å². The quantitative estimate of drug-likeness (QED) is 0.757. The largest absolute Gasteiger partial charge is 0.384 e. The molecule has 5 N–H and O–H groups in total. The van der Waals surface area contributed by atoms with Crippen molar-refractivity contribution in [3.63, 3.8) is 0 Å². The Hall–Kier alpha value is -1.89. The molecule has 126 valence electrons. The summed E-state index contributed by atoms with van der Waals surface area (Å²) in [6, 6.07) is 8.70. The van der Waals surface area contributed by atoms with Crippen molar-refractivity contribution in [3.8, 4) is 0 Å². The molecule has 2 aromatic rings. The number of aromatic nitrogens is 1. The van der Waals surface area contributed by atoms with E-state index in [1.807, 2.05) is 0 Å². The summed E-state index contributed by atoms with van der Waals surface area (Å²) in [5.74, 6) is -0.151. The highest BCUT2D eigenvalue weighted by Gasteiger charge is 2.13. The van der Waals surface area contributed by atoms with Gasteiger partial charge in [0, 0.05) is 12.7 Å². The lowest BCUT2D eigenvalue weighted by Crippen LogP contribution is -2.41. The number of hydrogen-bond donors (Lipinski definition) is 3. The summed E-state index contributed by atoms with van der Waals surface area (Å²) >= 11 is 0. The van der Waals surface area contributed by atoms with Crippen LogP contribution in [0, 0.1) is 5.82 Å². The molecule has 0 saturated heterocycles. The maximum atomic E-state index is 12.8. The second kappa shape index (κ2) is 9.99. The second-order valence-corrected chi connectivity index (χ2v) is 4.75. The number of anilines is 1. The van der Waals surface area contributed by atoms with Crippen molar-refractivity contribution in [2.45, 2.75) is 19.0 Å². The van der Waals surface area contributed by atoms with Crippen LogP contribution in [-0.4, -0.2) is 16.9 Å². The SMILES string of the molecule is Cl.Cl.Nc1ccc(CNC(=O)[C@@H](N)Cc2ccc(F)cc2)cn1. The minimum atomic E-state index is -0.683. The normalized spacial score (nSPS) is 10.9. The van der Waals surface area contributed by atoms with Gasteiger partial charge in [-0.05, 0) is 35.7 Å². The summed E-state index contributed by atoms with van der Waals surface area (Å²) in [6.07, 6.45) is 1.95. The first-order chi connectivity index (χ1) is 10.0. The molecule has 0 fully saturated rings. The summed E-state index contributed by atoms with van der Waals surface area (Å²) in [5, 5.41) is 2.73. The monoisotopic (exact) mass is 360 g/mol. The zero-order valence-electron chi connectivity index (χ0n) is 12.2. The van der Waals surface area contributed by atoms with Crippen LogP contribution in [0.25, 0.3) is 0 Å². The molecule has 1 aromatic heterocycles. The van der Waals surface area contributed by atoms with Crippen molar-refractivity contribution in [3.05, 3.63) is 59.5 Å². The molecule has 5 nitrogen and oxygen atoms in total. The van der Waals surface area contributed by atoms with E-state index in [-0.39, 0.29) is 36.5 Å². The average Bonchev–Trinajstić information content (AvgIpc) is 2.48.